The Morgan fingerprint density at radius 1 is 1.17 bits per heavy atom. The molecule has 0 fully saturated rings. The van der Waals surface area contributed by atoms with Crippen LogP contribution in [0.1, 0.15) is 45.7 Å². The van der Waals surface area contributed by atoms with Gasteiger partial charge in [-0.15, -0.1) is 0 Å². The van der Waals surface area contributed by atoms with Gasteiger partial charge in [-0.2, -0.15) is 0 Å². The molecule has 1 aromatic carbocycles. The highest BCUT2D eigenvalue weighted by molar-refractivity contribution is 5.29. The molecule has 18 heavy (non-hydrogen) atoms. The summed E-state index contributed by atoms with van der Waals surface area (Å²) in [5, 5.41) is 0. The number of ether oxygens (including phenoxy) is 2. The van der Waals surface area contributed by atoms with Crippen LogP contribution in [-0.4, -0.2) is 18.8 Å². The number of hydrogen-bond acceptors (Lipinski definition) is 3. The largest absolute Gasteiger partial charge is 0.494 e. The molecule has 0 aliphatic heterocycles. The predicted octanol–water partition coefficient (Wildman–Crippen LogP) is 3.29. The minimum absolute atomic E-state index is 0.0931. The Labute approximate surface area is 110 Å². The van der Waals surface area contributed by atoms with Gasteiger partial charge in [-0.05, 0) is 44.9 Å². The van der Waals surface area contributed by atoms with Crippen molar-refractivity contribution in [1.82, 2.24) is 0 Å². The molecular weight excluding hydrogens is 226 g/mol. The van der Waals surface area contributed by atoms with Crippen molar-refractivity contribution in [1.29, 1.82) is 0 Å². The first kappa shape index (κ1) is 15.0. The van der Waals surface area contributed by atoms with E-state index in [2.05, 4.69) is 6.92 Å². The van der Waals surface area contributed by atoms with Crippen molar-refractivity contribution in [2.45, 2.75) is 45.8 Å². The third kappa shape index (κ3) is 5.52. The fourth-order valence-corrected chi connectivity index (χ4v) is 1.47. The van der Waals surface area contributed by atoms with E-state index < -0.39 is 0 Å². The summed E-state index contributed by atoms with van der Waals surface area (Å²) in [5.74, 6) is 0.893. The van der Waals surface area contributed by atoms with Crippen molar-refractivity contribution in [2.75, 3.05) is 13.2 Å². The van der Waals surface area contributed by atoms with Gasteiger partial charge >= 0.3 is 0 Å². The highest BCUT2D eigenvalue weighted by Crippen LogP contribution is 2.18. The van der Waals surface area contributed by atoms with Crippen molar-refractivity contribution in [3.63, 3.8) is 0 Å². The molecule has 1 atom stereocenters. The fourth-order valence-electron chi connectivity index (χ4n) is 1.47. The van der Waals surface area contributed by atoms with Gasteiger partial charge < -0.3 is 15.2 Å². The van der Waals surface area contributed by atoms with Crippen molar-refractivity contribution < 1.29 is 9.47 Å². The summed E-state index contributed by atoms with van der Waals surface area (Å²) < 4.78 is 11.2. The van der Waals surface area contributed by atoms with Gasteiger partial charge in [-0.3, -0.25) is 0 Å². The van der Waals surface area contributed by atoms with Gasteiger partial charge in [-0.1, -0.05) is 19.1 Å². The van der Waals surface area contributed by atoms with Crippen LogP contribution in [-0.2, 0) is 4.74 Å². The van der Waals surface area contributed by atoms with Gasteiger partial charge in [0.25, 0.3) is 0 Å². The summed E-state index contributed by atoms with van der Waals surface area (Å²) >= 11 is 0. The molecule has 1 aromatic rings. The van der Waals surface area contributed by atoms with E-state index in [4.69, 9.17) is 15.2 Å². The van der Waals surface area contributed by atoms with Gasteiger partial charge in [0.15, 0.2) is 0 Å². The molecular formula is C15H25NO2. The number of rotatable bonds is 6. The van der Waals surface area contributed by atoms with Gasteiger partial charge in [0.05, 0.1) is 24.9 Å². The lowest BCUT2D eigenvalue weighted by Crippen LogP contribution is -2.26. The maximum absolute atomic E-state index is 6.09. The fraction of sp³-hybridized carbons (Fsp3) is 0.600. The molecule has 0 aliphatic rings. The third-order valence-corrected chi connectivity index (χ3v) is 2.48. The van der Waals surface area contributed by atoms with Crippen LogP contribution in [0, 0.1) is 0 Å². The van der Waals surface area contributed by atoms with Crippen molar-refractivity contribution in [3.05, 3.63) is 29.8 Å². The molecule has 1 rings (SSSR count). The maximum atomic E-state index is 6.09. The summed E-state index contributed by atoms with van der Waals surface area (Å²) in [5.41, 5.74) is 7.01. The van der Waals surface area contributed by atoms with E-state index >= 15 is 0 Å². The minimum atomic E-state index is -0.151. The lowest BCUT2D eigenvalue weighted by Gasteiger charge is -2.22. The Hall–Kier alpha value is -1.06. The number of nitrogens with two attached hydrogens (primary N) is 1. The zero-order valence-electron chi connectivity index (χ0n) is 11.9. The lowest BCUT2D eigenvalue weighted by atomic mass is 10.1. The lowest BCUT2D eigenvalue weighted by molar-refractivity contribution is -0.0102. The molecule has 0 bridgehead atoms. The summed E-state index contributed by atoms with van der Waals surface area (Å²) in [6, 6.07) is 7.83. The molecule has 3 nitrogen and oxygen atoms in total. The van der Waals surface area contributed by atoms with Crippen LogP contribution in [0.4, 0.5) is 0 Å². The van der Waals surface area contributed by atoms with Crippen molar-refractivity contribution in [2.24, 2.45) is 5.73 Å². The quantitative estimate of drug-likeness (QED) is 0.843. The SMILES string of the molecule is CCCOc1ccc(C(N)COC(C)(C)C)cc1. The molecule has 0 saturated heterocycles. The Kier molecular flexibility index (Phi) is 5.63. The van der Waals surface area contributed by atoms with Crippen molar-refractivity contribution in [3.8, 4) is 5.75 Å². The molecule has 1 unspecified atom stereocenters. The highest BCUT2D eigenvalue weighted by atomic mass is 16.5. The van der Waals surface area contributed by atoms with Gasteiger partial charge in [0.1, 0.15) is 5.75 Å². The minimum Gasteiger partial charge on any atom is -0.494 e. The van der Waals surface area contributed by atoms with E-state index in [1.54, 1.807) is 0 Å². The second-order valence-corrected chi connectivity index (χ2v) is 5.45. The van der Waals surface area contributed by atoms with Gasteiger partial charge in [0.2, 0.25) is 0 Å². The van der Waals surface area contributed by atoms with Crippen LogP contribution < -0.4 is 10.5 Å². The monoisotopic (exact) mass is 251 g/mol. The van der Waals surface area contributed by atoms with Crippen LogP contribution in [0.3, 0.4) is 0 Å². The van der Waals surface area contributed by atoms with E-state index in [9.17, 15) is 0 Å². The molecule has 0 saturated carbocycles. The first-order chi connectivity index (χ1) is 8.42. The third-order valence-electron chi connectivity index (χ3n) is 2.48. The normalized spacial score (nSPS) is 13.4. The zero-order valence-corrected chi connectivity index (χ0v) is 11.9. The first-order valence-corrected chi connectivity index (χ1v) is 6.54. The number of hydrogen-bond donors (Lipinski definition) is 1. The molecule has 0 aromatic heterocycles. The molecule has 102 valence electrons. The van der Waals surface area contributed by atoms with E-state index in [0.717, 1.165) is 24.3 Å². The summed E-state index contributed by atoms with van der Waals surface area (Å²) in [7, 11) is 0. The topological polar surface area (TPSA) is 44.5 Å². The average Bonchev–Trinajstić information content (AvgIpc) is 2.33. The van der Waals surface area contributed by atoms with E-state index in [-0.39, 0.29) is 11.6 Å². The first-order valence-electron chi connectivity index (χ1n) is 6.54. The summed E-state index contributed by atoms with van der Waals surface area (Å²) in [4.78, 5) is 0. The Morgan fingerprint density at radius 3 is 2.28 bits per heavy atom. The zero-order chi connectivity index (χ0) is 13.6. The van der Waals surface area contributed by atoms with E-state index in [0.29, 0.717) is 6.61 Å². The highest BCUT2D eigenvalue weighted by Gasteiger charge is 2.13. The Morgan fingerprint density at radius 2 is 1.78 bits per heavy atom. The second-order valence-electron chi connectivity index (χ2n) is 5.45. The van der Waals surface area contributed by atoms with Crippen LogP contribution >= 0.6 is 0 Å². The molecule has 2 N–H and O–H groups in total. The Bertz CT molecular complexity index is 341. The standard InChI is InChI=1S/C15H25NO2/c1-5-10-17-13-8-6-12(7-9-13)14(16)11-18-15(2,3)4/h6-9,14H,5,10-11,16H2,1-4H3. The predicted molar refractivity (Wildman–Crippen MR) is 74.9 cm³/mol. The average molecular weight is 251 g/mol. The molecule has 0 aliphatic carbocycles. The molecule has 3 heteroatoms. The molecule has 0 spiro atoms. The van der Waals surface area contributed by atoms with Crippen LogP contribution in [0.15, 0.2) is 24.3 Å². The molecule has 0 amide bonds. The van der Waals surface area contributed by atoms with Crippen molar-refractivity contribution >= 4 is 0 Å². The van der Waals surface area contributed by atoms with Gasteiger partial charge in [-0.25, -0.2) is 0 Å². The second kappa shape index (κ2) is 6.76. The summed E-state index contributed by atoms with van der Waals surface area (Å²) in [6.45, 7) is 9.45. The van der Waals surface area contributed by atoms with Crippen LogP contribution in [0.25, 0.3) is 0 Å². The van der Waals surface area contributed by atoms with Crippen LogP contribution in [0.2, 0.25) is 0 Å². The van der Waals surface area contributed by atoms with E-state index in [1.165, 1.54) is 0 Å². The smallest absolute Gasteiger partial charge is 0.119 e. The Balaban J connectivity index is 2.51. The molecule has 0 radical (unpaired) electrons. The van der Waals surface area contributed by atoms with Crippen LogP contribution in [0.5, 0.6) is 5.75 Å². The number of benzene rings is 1. The maximum Gasteiger partial charge on any atom is 0.119 e. The van der Waals surface area contributed by atoms with Gasteiger partial charge in [0, 0.05) is 0 Å². The molecule has 0 heterocycles. The summed E-state index contributed by atoms with van der Waals surface area (Å²) in [6.07, 6.45) is 1.01. The van der Waals surface area contributed by atoms with E-state index in [1.807, 2.05) is 45.0 Å².